The van der Waals surface area contributed by atoms with Crippen LogP contribution in [0.25, 0.3) is 11.0 Å². The number of hydrogen-bond donors (Lipinski definition) is 0. The topological polar surface area (TPSA) is 27.1 Å². The third-order valence-electron chi connectivity index (χ3n) is 2.85. The van der Waals surface area contributed by atoms with Crippen LogP contribution in [-0.2, 0) is 24.1 Å². The highest BCUT2D eigenvalue weighted by Crippen LogP contribution is 2.31. The van der Waals surface area contributed by atoms with E-state index in [1.165, 1.54) is 6.07 Å². The highest BCUT2D eigenvalue weighted by atomic mass is 19.4. The Morgan fingerprint density at radius 2 is 2.12 bits per heavy atom. The van der Waals surface area contributed by atoms with Crippen molar-refractivity contribution in [2.24, 2.45) is 0 Å². The Bertz CT molecular complexity index is 574. The highest BCUT2D eigenvalue weighted by molar-refractivity contribution is 5.77. The number of fused-ring (bicyclic) bond motifs is 3. The first-order valence-corrected chi connectivity index (χ1v) is 5.20. The number of aromatic nitrogens is 2. The smallest absolute Gasteiger partial charge is 0.372 e. The molecule has 0 radical (unpaired) electrons. The molecule has 1 aromatic carbocycles. The number of hydrogen-bond acceptors (Lipinski definition) is 2. The Labute approximate surface area is 94.8 Å². The SMILES string of the molecule is FC(F)(F)c1ccc2c(c1)nc1n2CCOC1. The second-order valence-corrected chi connectivity index (χ2v) is 3.93. The molecule has 2 aromatic rings. The molecule has 0 N–H and O–H groups in total. The van der Waals surface area contributed by atoms with Gasteiger partial charge in [0.2, 0.25) is 0 Å². The van der Waals surface area contributed by atoms with Crippen LogP contribution in [0.2, 0.25) is 0 Å². The number of imidazole rings is 1. The van der Waals surface area contributed by atoms with E-state index in [0.717, 1.165) is 17.6 Å². The maximum Gasteiger partial charge on any atom is 0.416 e. The molecule has 3 nitrogen and oxygen atoms in total. The number of benzene rings is 1. The van der Waals surface area contributed by atoms with Crippen LogP contribution in [0.3, 0.4) is 0 Å². The van der Waals surface area contributed by atoms with E-state index in [9.17, 15) is 13.2 Å². The fourth-order valence-electron chi connectivity index (χ4n) is 2.03. The average Bonchev–Trinajstić information content (AvgIpc) is 2.65. The van der Waals surface area contributed by atoms with Crippen LogP contribution in [0.5, 0.6) is 0 Å². The summed E-state index contributed by atoms with van der Waals surface area (Å²) in [5.41, 5.74) is 0.443. The standard InChI is InChI=1S/C11H9F3N2O/c12-11(13,14)7-1-2-9-8(5-7)15-10-6-17-4-3-16(9)10/h1-2,5H,3-4,6H2. The van der Waals surface area contributed by atoms with Gasteiger partial charge in [-0.05, 0) is 18.2 Å². The van der Waals surface area contributed by atoms with Gasteiger partial charge in [0.15, 0.2) is 0 Å². The van der Waals surface area contributed by atoms with E-state index in [2.05, 4.69) is 4.98 Å². The molecule has 1 aliphatic rings. The maximum atomic E-state index is 12.5. The van der Waals surface area contributed by atoms with Crippen LogP contribution in [0.1, 0.15) is 11.4 Å². The molecular weight excluding hydrogens is 233 g/mol. The summed E-state index contributed by atoms with van der Waals surface area (Å²) >= 11 is 0. The van der Waals surface area contributed by atoms with E-state index in [1.54, 1.807) is 0 Å². The minimum atomic E-state index is -4.32. The Hall–Kier alpha value is -1.56. The van der Waals surface area contributed by atoms with Gasteiger partial charge in [0.25, 0.3) is 0 Å². The number of alkyl halides is 3. The van der Waals surface area contributed by atoms with Crippen LogP contribution >= 0.6 is 0 Å². The van der Waals surface area contributed by atoms with Crippen LogP contribution in [-0.4, -0.2) is 16.2 Å². The molecule has 0 saturated heterocycles. The molecule has 2 heterocycles. The predicted molar refractivity (Wildman–Crippen MR) is 54.4 cm³/mol. The predicted octanol–water partition coefficient (Wildman–Crippen LogP) is 2.59. The Kier molecular flexibility index (Phi) is 2.16. The summed E-state index contributed by atoms with van der Waals surface area (Å²) in [7, 11) is 0. The lowest BCUT2D eigenvalue weighted by atomic mass is 10.2. The van der Waals surface area contributed by atoms with Gasteiger partial charge >= 0.3 is 6.18 Å². The maximum absolute atomic E-state index is 12.5. The Balaban J connectivity index is 2.18. The van der Waals surface area contributed by atoms with Gasteiger partial charge in [-0.1, -0.05) is 0 Å². The van der Waals surface area contributed by atoms with Crippen molar-refractivity contribution in [2.45, 2.75) is 19.3 Å². The summed E-state index contributed by atoms with van der Waals surface area (Å²) in [5, 5.41) is 0. The van der Waals surface area contributed by atoms with Gasteiger partial charge in [-0.25, -0.2) is 4.98 Å². The van der Waals surface area contributed by atoms with Crippen LogP contribution in [0.15, 0.2) is 18.2 Å². The van der Waals surface area contributed by atoms with E-state index in [0.29, 0.717) is 31.1 Å². The molecule has 0 aliphatic carbocycles. The van der Waals surface area contributed by atoms with Crippen LogP contribution in [0, 0.1) is 0 Å². The van der Waals surface area contributed by atoms with E-state index >= 15 is 0 Å². The summed E-state index contributed by atoms with van der Waals surface area (Å²) in [6.07, 6.45) is -4.32. The Morgan fingerprint density at radius 1 is 1.29 bits per heavy atom. The molecule has 1 aliphatic heterocycles. The molecule has 0 bridgehead atoms. The first-order valence-electron chi connectivity index (χ1n) is 5.20. The van der Waals surface area contributed by atoms with Crippen molar-refractivity contribution in [3.8, 4) is 0 Å². The van der Waals surface area contributed by atoms with E-state index in [4.69, 9.17) is 4.74 Å². The average molecular weight is 242 g/mol. The molecule has 0 unspecified atom stereocenters. The van der Waals surface area contributed by atoms with E-state index in [1.807, 2.05) is 4.57 Å². The zero-order valence-electron chi connectivity index (χ0n) is 8.79. The van der Waals surface area contributed by atoms with Crippen molar-refractivity contribution in [1.82, 2.24) is 9.55 Å². The third-order valence-corrected chi connectivity index (χ3v) is 2.85. The normalized spacial score (nSPS) is 16.2. The largest absolute Gasteiger partial charge is 0.416 e. The molecule has 0 saturated carbocycles. The van der Waals surface area contributed by atoms with Crippen LogP contribution < -0.4 is 0 Å². The van der Waals surface area contributed by atoms with E-state index in [-0.39, 0.29) is 0 Å². The van der Waals surface area contributed by atoms with E-state index < -0.39 is 11.7 Å². The van der Waals surface area contributed by atoms with Crippen molar-refractivity contribution in [1.29, 1.82) is 0 Å². The molecule has 3 rings (SSSR count). The third kappa shape index (κ3) is 1.68. The van der Waals surface area contributed by atoms with Gasteiger partial charge in [0, 0.05) is 6.54 Å². The molecule has 17 heavy (non-hydrogen) atoms. The van der Waals surface area contributed by atoms with Gasteiger partial charge in [-0.3, -0.25) is 0 Å². The molecular formula is C11H9F3N2O. The fourth-order valence-corrected chi connectivity index (χ4v) is 2.03. The lowest BCUT2D eigenvalue weighted by molar-refractivity contribution is -0.137. The summed E-state index contributed by atoms with van der Waals surface area (Å²) in [4.78, 5) is 4.17. The summed E-state index contributed by atoms with van der Waals surface area (Å²) in [5.74, 6) is 0.686. The first-order chi connectivity index (χ1) is 8.05. The molecule has 0 atom stereocenters. The lowest BCUT2D eigenvalue weighted by Crippen LogP contribution is -2.16. The van der Waals surface area contributed by atoms with Crippen molar-refractivity contribution in [3.63, 3.8) is 0 Å². The van der Waals surface area contributed by atoms with Crippen molar-refractivity contribution in [3.05, 3.63) is 29.6 Å². The van der Waals surface area contributed by atoms with Crippen molar-refractivity contribution >= 4 is 11.0 Å². The highest BCUT2D eigenvalue weighted by Gasteiger charge is 2.31. The van der Waals surface area contributed by atoms with Gasteiger partial charge < -0.3 is 9.30 Å². The zero-order valence-corrected chi connectivity index (χ0v) is 8.79. The number of rotatable bonds is 0. The molecule has 0 spiro atoms. The summed E-state index contributed by atoms with van der Waals surface area (Å²) in [6, 6.07) is 3.65. The summed E-state index contributed by atoms with van der Waals surface area (Å²) in [6.45, 7) is 1.56. The van der Waals surface area contributed by atoms with Crippen molar-refractivity contribution in [2.75, 3.05) is 6.61 Å². The molecule has 1 aromatic heterocycles. The van der Waals surface area contributed by atoms with Crippen molar-refractivity contribution < 1.29 is 17.9 Å². The van der Waals surface area contributed by atoms with Gasteiger partial charge in [-0.15, -0.1) is 0 Å². The molecule has 0 fully saturated rings. The minimum Gasteiger partial charge on any atom is -0.372 e. The minimum absolute atomic E-state index is 0.357. The van der Waals surface area contributed by atoms with Gasteiger partial charge in [0.1, 0.15) is 12.4 Å². The van der Waals surface area contributed by atoms with Crippen LogP contribution in [0.4, 0.5) is 13.2 Å². The molecule has 90 valence electrons. The lowest BCUT2D eigenvalue weighted by Gasteiger charge is -2.14. The Morgan fingerprint density at radius 3 is 2.88 bits per heavy atom. The first kappa shape index (κ1) is 10.6. The van der Waals surface area contributed by atoms with Gasteiger partial charge in [0.05, 0.1) is 23.2 Å². The monoisotopic (exact) mass is 242 g/mol. The zero-order chi connectivity index (χ0) is 12.0. The van der Waals surface area contributed by atoms with Gasteiger partial charge in [-0.2, -0.15) is 13.2 Å². The quantitative estimate of drug-likeness (QED) is 0.710. The summed E-state index contributed by atoms with van der Waals surface area (Å²) < 4.78 is 44.7. The number of ether oxygens (including phenoxy) is 1. The second kappa shape index (κ2) is 3.46. The fraction of sp³-hybridized carbons (Fsp3) is 0.364. The number of halogens is 3. The molecule has 0 amide bonds. The molecule has 6 heteroatoms. The number of nitrogens with zero attached hydrogens (tertiary/aromatic N) is 2. The second-order valence-electron chi connectivity index (χ2n) is 3.93.